The first kappa shape index (κ1) is 20.8. The molecule has 0 spiro atoms. The lowest BCUT2D eigenvalue weighted by Gasteiger charge is -2.13. The van der Waals surface area contributed by atoms with Crippen molar-refractivity contribution in [1.82, 2.24) is 29.3 Å². The van der Waals surface area contributed by atoms with Gasteiger partial charge in [0.2, 0.25) is 5.91 Å². The van der Waals surface area contributed by atoms with Crippen LogP contribution in [-0.4, -0.2) is 52.2 Å². The van der Waals surface area contributed by atoms with E-state index in [0.29, 0.717) is 12.2 Å². The minimum absolute atomic E-state index is 0.0274. The van der Waals surface area contributed by atoms with Crippen molar-refractivity contribution in [2.24, 2.45) is 7.05 Å². The first-order valence-corrected chi connectivity index (χ1v) is 9.17. The molecule has 0 aliphatic heterocycles. The fourth-order valence-corrected chi connectivity index (χ4v) is 2.78. The summed E-state index contributed by atoms with van der Waals surface area (Å²) in [5, 5.41) is 26.6. The lowest BCUT2D eigenvalue weighted by atomic mass is 10.2. The predicted molar refractivity (Wildman–Crippen MR) is 106 cm³/mol. The minimum atomic E-state index is -1.14. The van der Waals surface area contributed by atoms with Crippen LogP contribution < -0.4 is 10.6 Å². The zero-order valence-electron chi connectivity index (χ0n) is 16.9. The lowest BCUT2D eigenvalue weighted by Crippen LogP contribution is -2.26. The number of carboxylic acid groups (broad SMARTS) is 1. The zero-order valence-corrected chi connectivity index (χ0v) is 16.9. The number of nitrogens with one attached hydrogen (secondary N) is 2. The van der Waals surface area contributed by atoms with Crippen LogP contribution in [0.1, 0.15) is 46.4 Å². The Bertz CT molecular complexity index is 1110. The maximum absolute atomic E-state index is 12.9. The van der Waals surface area contributed by atoms with Gasteiger partial charge in [0.05, 0.1) is 41.2 Å². The number of aromatic carboxylic acids is 1. The highest BCUT2D eigenvalue weighted by atomic mass is 16.4. The molecule has 12 nitrogen and oxygen atoms in total. The molecule has 0 saturated heterocycles. The average molecular weight is 414 g/mol. The van der Waals surface area contributed by atoms with Crippen molar-refractivity contribution in [3.8, 4) is 0 Å². The van der Waals surface area contributed by atoms with Crippen LogP contribution in [0.5, 0.6) is 0 Å². The highest BCUT2D eigenvalue weighted by Crippen LogP contribution is 2.21. The fourth-order valence-electron chi connectivity index (χ4n) is 2.78. The summed E-state index contributed by atoms with van der Waals surface area (Å²) in [4.78, 5) is 36.6. The summed E-state index contributed by atoms with van der Waals surface area (Å²) >= 11 is 0. The fraction of sp³-hybridized carbons (Fsp3) is 0.333. The van der Waals surface area contributed by atoms with Crippen molar-refractivity contribution in [3.05, 3.63) is 41.7 Å². The number of carbonyl (C=O) groups excluding carboxylic acids is 2. The number of nitrogens with zero attached hydrogens (tertiary/aromatic N) is 6. The van der Waals surface area contributed by atoms with E-state index in [-0.39, 0.29) is 16.9 Å². The summed E-state index contributed by atoms with van der Waals surface area (Å²) in [5.41, 5.74) is 1.72. The molecule has 3 N–H and O–H groups in total. The molecule has 3 rings (SSSR count). The van der Waals surface area contributed by atoms with Crippen LogP contribution in [0.2, 0.25) is 0 Å². The van der Waals surface area contributed by atoms with E-state index in [4.69, 9.17) is 5.11 Å². The molecule has 0 aliphatic carbocycles. The first-order chi connectivity index (χ1) is 14.2. The van der Waals surface area contributed by atoms with Gasteiger partial charge in [-0.2, -0.15) is 15.3 Å². The van der Waals surface area contributed by atoms with Crippen LogP contribution in [0.25, 0.3) is 0 Å². The number of carboxylic acids is 1. The van der Waals surface area contributed by atoms with E-state index < -0.39 is 23.8 Å². The van der Waals surface area contributed by atoms with Crippen molar-refractivity contribution in [3.63, 3.8) is 0 Å². The molecule has 3 aromatic heterocycles. The number of amides is 2. The number of hydrogen-bond acceptors (Lipinski definition) is 6. The molecule has 30 heavy (non-hydrogen) atoms. The molecule has 12 heteroatoms. The number of aromatic nitrogens is 6. The van der Waals surface area contributed by atoms with E-state index in [9.17, 15) is 14.4 Å². The van der Waals surface area contributed by atoms with E-state index in [0.717, 1.165) is 11.9 Å². The molecule has 0 bridgehead atoms. The van der Waals surface area contributed by atoms with Crippen molar-refractivity contribution >= 4 is 29.2 Å². The molecule has 0 aromatic carbocycles. The molecule has 0 fully saturated rings. The van der Waals surface area contributed by atoms with Gasteiger partial charge < -0.3 is 15.7 Å². The second-order valence-electron chi connectivity index (χ2n) is 6.62. The maximum atomic E-state index is 12.9. The van der Waals surface area contributed by atoms with Gasteiger partial charge in [-0.25, -0.2) is 4.79 Å². The Morgan fingerprint density at radius 1 is 1.10 bits per heavy atom. The van der Waals surface area contributed by atoms with E-state index in [2.05, 4.69) is 25.9 Å². The Balaban J connectivity index is 1.81. The molecule has 0 aliphatic rings. The Kier molecular flexibility index (Phi) is 5.67. The van der Waals surface area contributed by atoms with E-state index in [1.54, 1.807) is 18.7 Å². The molecule has 158 valence electrons. The quantitative estimate of drug-likeness (QED) is 0.527. The van der Waals surface area contributed by atoms with Gasteiger partial charge in [0.25, 0.3) is 5.91 Å². The van der Waals surface area contributed by atoms with Gasteiger partial charge in [0.1, 0.15) is 11.7 Å². The molecule has 1 unspecified atom stereocenters. The summed E-state index contributed by atoms with van der Waals surface area (Å²) < 4.78 is 4.34. The van der Waals surface area contributed by atoms with E-state index in [1.165, 1.54) is 28.0 Å². The molecule has 3 heterocycles. The average Bonchev–Trinajstić information content (AvgIpc) is 3.42. The van der Waals surface area contributed by atoms with Crippen LogP contribution in [0, 0.1) is 6.92 Å². The third kappa shape index (κ3) is 3.92. The van der Waals surface area contributed by atoms with Gasteiger partial charge in [-0.1, -0.05) is 0 Å². The zero-order chi connectivity index (χ0) is 22.0. The van der Waals surface area contributed by atoms with Gasteiger partial charge in [-0.05, 0) is 20.8 Å². The number of rotatable bonds is 7. The first-order valence-electron chi connectivity index (χ1n) is 9.17. The Morgan fingerprint density at radius 2 is 1.80 bits per heavy atom. The summed E-state index contributed by atoms with van der Waals surface area (Å²) in [7, 11) is 1.76. The molecule has 2 amide bonds. The summed E-state index contributed by atoms with van der Waals surface area (Å²) in [6.07, 6.45) is 5.36. The van der Waals surface area contributed by atoms with Crippen molar-refractivity contribution in [2.45, 2.75) is 33.4 Å². The van der Waals surface area contributed by atoms with E-state index in [1.807, 2.05) is 13.8 Å². The third-order valence-electron chi connectivity index (χ3n) is 4.72. The predicted octanol–water partition coefficient (Wildman–Crippen LogP) is 1.29. The second kappa shape index (κ2) is 8.19. The van der Waals surface area contributed by atoms with Gasteiger partial charge in [0.15, 0.2) is 0 Å². The Morgan fingerprint density at radius 3 is 2.37 bits per heavy atom. The van der Waals surface area contributed by atoms with Gasteiger partial charge in [-0.15, -0.1) is 0 Å². The van der Waals surface area contributed by atoms with Crippen LogP contribution in [0.4, 0.5) is 11.4 Å². The second-order valence-corrected chi connectivity index (χ2v) is 6.62. The number of carbonyl (C=O) groups is 3. The highest BCUT2D eigenvalue weighted by Gasteiger charge is 2.24. The van der Waals surface area contributed by atoms with Crippen molar-refractivity contribution in [2.75, 3.05) is 10.6 Å². The number of anilines is 2. The highest BCUT2D eigenvalue weighted by molar-refractivity contribution is 6.09. The van der Waals surface area contributed by atoms with Crippen LogP contribution in [0.15, 0.2) is 24.8 Å². The van der Waals surface area contributed by atoms with E-state index >= 15 is 0 Å². The van der Waals surface area contributed by atoms with Crippen LogP contribution in [-0.2, 0) is 18.4 Å². The Hall–Kier alpha value is -3.96. The smallest absolute Gasteiger partial charge is 0.338 e. The molecule has 1 atom stereocenters. The van der Waals surface area contributed by atoms with Crippen molar-refractivity contribution < 1.29 is 19.5 Å². The van der Waals surface area contributed by atoms with Crippen LogP contribution in [0.3, 0.4) is 0 Å². The largest absolute Gasteiger partial charge is 0.478 e. The standard InChI is InChI=1S/C18H22N8O4/c1-5-25-15(17(28)22-13-7-19-24(4)10(13)2)14(8-21-25)23-16(27)11(3)26-9-12(6-20-26)18(29)30/h6-9,11H,5H2,1-4H3,(H,22,28)(H,23,27)(H,29,30). The summed E-state index contributed by atoms with van der Waals surface area (Å²) in [5.74, 6) is -2.05. The molecular weight excluding hydrogens is 392 g/mol. The SMILES string of the molecule is CCn1ncc(NC(=O)C(C)n2cc(C(=O)O)cn2)c1C(=O)Nc1cnn(C)c1C. The van der Waals surface area contributed by atoms with Gasteiger partial charge in [-0.3, -0.25) is 23.6 Å². The molecule has 3 aromatic rings. The van der Waals surface area contributed by atoms with Crippen LogP contribution >= 0.6 is 0 Å². The molecule has 0 radical (unpaired) electrons. The Labute approximate surface area is 171 Å². The molecule has 0 saturated carbocycles. The lowest BCUT2D eigenvalue weighted by molar-refractivity contribution is -0.119. The number of hydrogen-bond donors (Lipinski definition) is 3. The monoisotopic (exact) mass is 414 g/mol. The minimum Gasteiger partial charge on any atom is -0.478 e. The normalized spacial score (nSPS) is 11.9. The van der Waals surface area contributed by atoms with Gasteiger partial charge in [0, 0.05) is 19.8 Å². The third-order valence-corrected chi connectivity index (χ3v) is 4.72. The van der Waals surface area contributed by atoms with Gasteiger partial charge >= 0.3 is 5.97 Å². The topological polar surface area (TPSA) is 149 Å². The molecular formula is C18H22N8O4. The van der Waals surface area contributed by atoms with Crippen molar-refractivity contribution in [1.29, 1.82) is 0 Å². The summed E-state index contributed by atoms with van der Waals surface area (Å²) in [6.45, 7) is 5.63. The maximum Gasteiger partial charge on any atom is 0.338 e. The number of aryl methyl sites for hydroxylation is 2. The summed E-state index contributed by atoms with van der Waals surface area (Å²) in [6, 6.07) is -0.806.